The molecule has 16 heavy (non-hydrogen) atoms. The zero-order chi connectivity index (χ0) is 12.2. The minimum Gasteiger partial charge on any atom is -0.372 e. The zero-order valence-corrected chi connectivity index (χ0v) is 9.48. The van der Waals surface area contributed by atoms with Crippen LogP contribution in [0.25, 0.3) is 0 Å². The third kappa shape index (κ3) is 4.02. The molecule has 1 atom stereocenters. The molecule has 0 aliphatic rings. The Balaban J connectivity index is 2.56. The Morgan fingerprint density at radius 2 is 2.06 bits per heavy atom. The number of aryl methyl sites for hydroxylation is 1. The number of rotatable bonds is 4. The summed E-state index contributed by atoms with van der Waals surface area (Å²) in [7, 11) is 1.07. The molecule has 1 rings (SSSR count). The van der Waals surface area contributed by atoms with Crippen LogP contribution in [0.4, 0.5) is 13.2 Å². The molecule has 0 spiro atoms. The lowest BCUT2D eigenvalue weighted by molar-refractivity contribution is -0.214. The van der Waals surface area contributed by atoms with Crippen molar-refractivity contribution in [3.63, 3.8) is 0 Å². The molecule has 0 radical (unpaired) electrons. The van der Waals surface area contributed by atoms with Gasteiger partial charge in [0.15, 0.2) is 6.10 Å². The highest BCUT2D eigenvalue weighted by molar-refractivity contribution is 6.30. The zero-order valence-electron chi connectivity index (χ0n) is 8.72. The SMILES string of the molecule is COC(CCc1cccc(Cl)c1)C(F)(F)F. The van der Waals surface area contributed by atoms with Crippen molar-refractivity contribution in [2.24, 2.45) is 0 Å². The fourth-order valence-electron chi connectivity index (χ4n) is 1.41. The maximum Gasteiger partial charge on any atom is 0.414 e. The summed E-state index contributed by atoms with van der Waals surface area (Å²) < 4.78 is 41.5. The Kier molecular flexibility index (Phi) is 4.62. The standard InChI is InChI=1S/C11H12ClF3O/c1-16-10(11(13,14)15)6-5-8-3-2-4-9(12)7-8/h2-4,7,10H,5-6H2,1H3. The van der Waals surface area contributed by atoms with Crippen molar-refractivity contribution < 1.29 is 17.9 Å². The van der Waals surface area contributed by atoms with Crippen LogP contribution in [0.15, 0.2) is 24.3 Å². The first kappa shape index (κ1) is 13.3. The van der Waals surface area contributed by atoms with Gasteiger partial charge in [0.1, 0.15) is 0 Å². The van der Waals surface area contributed by atoms with Gasteiger partial charge in [-0.05, 0) is 30.5 Å². The third-order valence-corrected chi connectivity index (χ3v) is 2.47. The highest BCUT2D eigenvalue weighted by Crippen LogP contribution is 2.26. The number of alkyl halides is 3. The summed E-state index contributed by atoms with van der Waals surface area (Å²) in [5.41, 5.74) is 0.777. The van der Waals surface area contributed by atoms with E-state index in [4.69, 9.17) is 11.6 Å². The Bertz CT molecular complexity index is 338. The van der Waals surface area contributed by atoms with E-state index in [2.05, 4.69) is 4.74 Å². The number of methoxy groups -OCH3 is 1. The van der Waals surface area contributed by atoms with Crippen molar-refractivity contribution in [1.29, 1.82) is 0 Å². The van der Waals surface area contributed by atoms with E-state index in [0.29, 0.717) is 11.4 Å². The first-order chi connectivity index (χ1) is 7.43. The minimum absolute atomic E-state index is 0.0969. The van der Waals surface area contributed by atoms with Crippen LogP contribution in [-0.2, 0) is 11.2 Å². The Morgan fingerprint density at radius 1 is 1.38 bits per heavy atom. The molecule has 0 saturated heterocycles. The number of hydrogen-bond acceptors (Lipinski definition) is 1. The molecule has 0 aromatic heterocycles. The minimum atomic E-state index is -4.31. The van der Waals surface area contributed by atoms with Gasteiger partial charge in [-0.25, -0.2) is 0 Å². The van der Waals surface area contributed by atoms with Gasteiger partial charge in [-0.1, -0.05) is 23.7 Å². The van der Waals surface area contributed by atoms with Gasteiger partial charge >= 0.3 is 6.18 Å². The fourth-order valence-corrected chi connectivity index (χ4v) is 1.62. The topological polar surface area (TPSA) is 9.23 Å². The van der Waals surface area contributed by atoms with E-state index >= 15 is 0 Å². The second-order valence-corrected chi connectivity index (χ2v) is 3.87. The van der Waals surface area contributed by atoms with Crippen molar-refractivity contribution in [1.82, 2.24) is 0 Å². The fraction of sp³-hybridized carbons (Fsp3) is 0.455. The summed E-state index contributed by atoms with van der Waals surface area (Å²) in [5.74, 6) is 0. The summed E-state index contributed by atoms with van der Waals surface area (Å²) in [6.07, 6.45) is -5.84. The van der Waals surface area contributed by atoms with Crippen LogP contribution in [0.1, 0.15) is 12.0 Å². The first-order valence-electron chi connectivity index (χ1n) is 4.77. The molecule has 1 nitrogen and oxygen atoms in total. The van der Waals surface area contributed by atoms with Crippen molar-refractivity contribution in [2.45, 2.75) is 25.1 Å². The van der Waals surface area contributed by atoms with Crippen molar-refractivity contribution in [2.75, 3.05) is 7.11 Å². The van der Waals surface area contributed by atoms with Gasteiger partial charge in [0, 0.05) is 12.1 Å². The summed E-state index contributed by atoms with van der Waals surface area (Å²) in [5, 5.41) is 0.526. The molecule has 0 saturated carbocycles. The van der Waals surface area contributed by atoms with Crippen LogP contribution in [-0.4, -0.2) is 19.4 Å². The van der Waals surface area contributed by atoms with Crippen LogP contribution >= 0.6 is 11.6 Å². The lowest BCUT2D eigenvalue weighted by Gasteiger charge is -2.18. The maximum absolute atomic E-state index is 12.4. The van der Waals surface area contributed by atoms with Gasteiger partial charge in [0.25, 0.3) is 0 Å². The average molecular weight is 253 g/mol. The number of benzene rings is 1. The van der Waals surface area contributed by atoms with Crippen molar-refractivity contribution >= 4 is 11.6 Å². The van der Waals surface area contributed by atoms with Crippen molar-refractivity contribution in [3.05, 3.63) is 34.9 Å². The second kappa shape index (κ2) is 5.55. The quantitative estimate of drug-likeness (QED) is 0.791. The predicted molar refractivity (Wildman–Crippen MR) is 56.6 cm³/mol. The van der Waals surface area contributed by atoms with Crippen LogP contribution < -0.4 is 0 Å². The van der Waals surface area contributed by atoms with E-state index < -0.39 is 12.3 Å². The molecule has 0 aliphatic carbocycles. The molecule has 0 heterocycles. The van der Waals surface area contributed by atoms with Crippen molar-refractivity contribution in [3.8, 4) is 0 Å². The van der Waals surface area contributed by atoms with Crippen LogP contribution in [0, 0.1) is 0 Å². The summed E-state index contributed by atoms with van der Waals surface area (Å²) in [4.78, 5) is 0. The maximum atomic E-state index is 12.4. The number of halogens is 4. The van der Waals surface area contributed by atoms with E-state index in [1.54, 1.807) is 24.3 Å². The van der Waals surface area contributed by atoms with Gasteiger partial charge in [-0.2, -0.15) is 13.2 Å². The molecular formula is C11H12ClF3O. The van der Waals surface area contributed by atoms with E-state index in [-0.39, 0.29) is 6.42 Å². The Morgan fingerprint density at radius 3 is 2.56 bits per heavy atom. The van der Waals surface area contributed by atoms with Gasteiger partial charge in [-0.15, -0.1) is 0 Å². The molecule has 1 aromatic carbocycles. The van der Waals surface area contributed by atoms with Crippen LogP contribution in [0.3, 0.4) is 0 Å². The molecular weight excluding hydrogens is 241 g/mol. The van der Waals surface area contributed by atoms with E-state index in [0.717, 1.165) is 12.7 Å². The summed E-state index contributed by atoms with van der Waals surface area (Å²) in [6.45, 7) is 0. The van der Waals surface area contributed by atoms with Gasteiger partial charge in [-0.3, -0.25) is 0 Å². The van der Waals surface area contributed by atoms with E-state index in [1.807, 2.05) is 0 Å². The predicted octanol–water partition coefficient (Wildman–Crippen LogP) is 3.85. The molecule has 90 valence electrons. The molecule has 0 N–H and O–H groups in total. The first-order valence-corrected chi connectivity index (χ1v) is 5.15. The molecule has 0 amide bonds. The third-order valence-electron chi connectivity index (χ3n) is 2.23. The highest BCUT2D eigenvalue weighted by atomic mass is 35.5. The Labute approximate surface area is 97.2 Å². The molecule has 0 aliphatic heterocycles. The summed E-state index contributed by atoms with van der Waals surface area (Å²) >= 11 is 5.73. The smallest absolute Gasteiger partial charge is 0.372 e. The van der Waals surface area contributed by atoms with Gasteiger partial charge in [0.2, 0.25) is 0 Å². The summed E-state index contributed by atoms with van der Waals surface area (Å²) in [6, 6.07) is 6.80. The molecule has 5 heteroatoms. The normalized spacial score (nSPS) is 13.8. The molecule has 1 unspecified atom stereocenters. The van der Waals surface area contributed by atoms with E-state index in [1.165, 1.54) is 0 Å². The van der Waals surface area contributed by atoms with Crippen LogP contribution in [0.5, 0.6) is 0 Å². The Hall–Kier alpha value is -0.740. The van der Waals surface area contributed by atoms with Gasteiger partial charge < -0.3 is 4.74 Å². The average Bonchev–Trinajstić information content (AvgIpc) is 2.16. The lowest BCUT2D eigenvalue weighted by atomic mass is 10.1. The highest BCUT2D eigenvalue weighted by Gasteiger charge is 2.39. The number of ether oxygens (including phenoxy) is 1. The molecule has 0 bridgehead atoms. The number of hydrogen-bond donors (Lipinski definition) is 0. The molecule has 1 aromatic rings. The monoisotopic (exact) mass is 252 g/mol. The van der Waals surface area contributed by atoms with Crippen LogP contribution in [0.2, 0.25) is 5.02 Å². The second-order valence-electron chi connectivity index (χ2n) is 3.43. The largest absolute Gasteiger partial charge is 0.414 e. The molecule has 0 fully saturated rings. The van der Waals surface area contributed by atoms with E-state index in [9.17, 15) is 13.2 Å². The lowest BCUT2D eigenvalue weighted by Crippen LogP contribution is -2.31. The van der Waals surface area contributed by atoms with Gasteiger partial charge in [0.05, 0.1) is 0 Å².